The minimum absolute atomic E-state index is 0.0910. The number of ether oxygens (including phenoxy) is 1. The van der Waals surface area contributed by atoms with Crippen molar-refractivity contribution in [3.63, 3.8) is 0 Å². The fourth-order valence-corrected chi connectivity index (χ4v) is 4.98. The van der Waals surface area contributed by atoms with E-state index in [0.717, 1.165) is 25.7 Å². The summed E-state index contributed by atoms with van der Waals surface area (Å²) in [7, 11) is 0. The molecular formula is C26H32Cl2N4O4. The van der Waals surface area contributed by atoms with Gasteiger partial charge in [-0.15, -0.1) is 0 Å². The highest BCUT2D eigenvalue weighted by molar-refractivity contribution is 6.42. The van der Waals surface area contributed by atoms with Gasteiger partial charge in [-0.1, -0.05) is 61.4 Å². The van der Waals surface area contributed by atoms with Gasteiger partial charge in [0.1, 0.15) is 22.6 Å². The van der Waals surface area contributed by atoms with E-state index in [4.69, 9.17) is 27.9 Å². The molecule has 0 spiro atoms. The molecule has 0 saturated heterocycles. The van der Waals surface area contributed by atoms with Gasteiger partial charge in [0.05, 0.1) is 23.4 Å². The molecule has 1 saturated carbocycles. The Morgan fingerprint density at radius 1 is 1.25 bits per heavy atom. The lowest BCUT2D eigenvalue weighted by molar-refractivity contribution is -0.120. The quantitative estimate of drug-likeness (QED) is 0.294. The molecule has 1 aliphatic rings. The summed E-state index contributed by atoms with van der Waals surface area (Å²) in [5, 5.41) is 28.7. The first-order chi connectivity index (χ1) is 17.1. The number of rotatable bonds is 9. The summed E-state index contributed by atoms with van der Waals surface area (Å²) < 4.78 is 8.99. The molecule has 1 fully saturated rings. The van der Waals surface area contributed by atoms with Crippen molar-refractivity contribution >= 4 is 34.9 Å². The first kappa shape index (κ1) is 26.4. The second kappa shape index (κ2) is 11.2. The molecule has 10 heteroatoms. The molecule has 1 amide bonds. The van der Waals surface area contributed by atoms with E-state index in [1.807, 2.05) is 0 Å². The van der Waals surface area contributed by atoms with Crippen molar-refractivity contribution in [2.75, 3.05) is 5.32 Å². The van der Waals surface area contributed by atoms with Crippen molar-refractivity contribution in [1.82, 2.24) is 14.3 Å². The Morgan fingerprint density at radius 2 is 2.00 bits per heavy atom. The van der Waals surface area contributed by atoms with Crippen LogP contribution in [0.5, 0.6) is 17.4 Å². The Morgan fingerprint density at radius 3 is 2.72 bits per heavy atom. The Labute approximate surface area is 220 Å². The number of nitrogens with one attached hydrogen (secondary N) is 1. The lowest BCUT2D eigenvalue weighted by Gasteiger charge is -2.27. The van der Waals surface area contributed by atoms with Crippen LogP contribution >= 0.6 is 23.2 Å². The molecule has 8 nitrogen and oxygen atoms in total. The van der Waals surface area contributed by atoms with Gasteiger partial charge in [-0.3, -0.25) is 9.48 Å². The second-order valence-corrected chi connectivity index (χ2v) is 10.8. The minimum atomic E-state index is -0.934. The smallest absolute Gasteiger partial charge is 0.248 e. The number of hydrogen-bond acceptors (Lipinski definition) is 5. The van der Waals surface area contributed by atoms with Crippen molar-refractivity contribution in [2.45, 2.75) is 70.6 Å². The van der Waals surface area contributed by atoms with Crippen LogP contribution < -0.4 is 10.1 Å². The topological polar surface area (TPSA) is 102 Å². The van der Waals surface area contributed by atoms with Gasteiger partial charge in [0, 0.05) is 18.3 Å². The Kier molecular flexibility index (Phi) is 8.17. The van der Waals surface area contributed by atoms with Gasteiger partial charge in [-0.2, -0.15) is 5.10 Å². The maximum Gasteiger partial charge on any atom is 0.248 e. The first-order valence-electron chi connectivity index (χ1n) is 12.2. The largest absolute Gasteiger partial charge is 0.494 e. The number of amides is 1. The summed E-state index contributed by atoms with van der Waals surface area (Å²) >= 11 is 12.3. The number of benzene rings is 1. The van der Waals surface area contributed by atoms with Gasteiger partial charge in [0.15, 0.2) is 11.7 Å². The van der Waals surface area contributed by atoms with E-state index in [-0.39, 0.29) is 16.8 Å². The summed E-state index contributed by atoms with van der Waals surface area (Å²) in [5.41, 5.74) is -0.934. The average Bonchev–Trinajstić information content (AvgIpc) is 3.40. The van der Waals surface area contributed by atoms with Gasteiger partial charge in [0.2, 0.25) is 5.91 Å². The number of aliphatic hydroxyl groups is 1. The molecule has 0 bridgehead atoms. The van der Waals surface area contributed by atoms with E-state index in [9.17, 15) is 15.0 Å². The van der Waals surface area contributed by atoms with Crippen LogP contribution in [0.2, 0.25) is 10.0 Å². The molecule has 4 rings (SSSR count). The molecule has 0 unspecified atom stereocenters. The van der Waals surface area contributed by atoms with Crippen molar-refractivity contribution in [3.05, 3.63) is 52.8 Å². The van der Waals surface area contributed by atoms with Crippen LogP contribution in [-0.4, -0.2) is 36.1 Å². The highest BCUT2D eigenvalue weighted by Crippen LogP contribution is 2.38. The van der Waals surface area contributed by atoms with Crippen molar-refractivity contribution in [2.24, 2.45) is 5.92 Å². The summed E-state index contributed by atoms with van der Waals surface area (Å²) in [6.07, 6.45) is 9.47. The van der Waals surface area contributed by atoms with Crippen LogP contribution in [0.1, 0.15) is 58.4 Å². The highest BCUT2D eigenvalue weighted by atomic mass is 35.5. The maximum atomic E-state index is 13.5. The number of aromatic hydroxyl groups is 1. The molecule has 1 aliphatic carbocycles. The number of hydrogen-bond donors (Lipinski definition) is 3. The Bertz CT molecular complexity index is 1200. The summed E-state index contributed by atoms with van der Waals surface area (Å²) in [5.74, 6) is 1.07. The van der Waals surface area contributed by atoms with E-state index in [1.54, 1.807) is 55.2 Å². The Hall–Kier alpha value is -2.68. The second-order valence-electron chi connectivity index (χ2n) is 10.1. The van der Waals surface area contributed by atoms with Crippen LogP contribution in [0.25, 0.3) is 0 Å². The zero-order chi connectivity index (χ0) is 25.9. The lowest BCUT2D eigenvalue weighted by Crippen LogP contribution is -2.29. The van der Waals surface area contributed by atoms with Gasteiger partial charge in [-0.25, -0.2) is 0 Å². The molecule has 0 aliphatic heterocycles. The predicted octanol–water partition coefficient (Wildman–Crippen LogP) is 6.41. The van der Waals surface area contributed by atoms with Crippen LogP contribution in [0, 0.1) is 5.92 Å². The van der Waals surface area contributed by atoms with Gasteiger partial charge in [-0.05, 0) is 38.3 Å². The molecule has 194 valence electrons. The zero-order valence-corrected chi connectivity index (χ0v) is 22.0. The lowest BCUT2D eigenvalue weighted by atomic mass is 9.84. The van der Waals surface area contributed by atoms with E-state index < -0.39 is 11.6 Å². The van der Waals surface area contributed by atoms with E-state index in [0.29, 0.717) is 41.2 Å². The number of aromatic nitrogens is 3. The third kappa shape index (κ3) is 6.75. The maximum absolute atomic E-state index is 13.5. The third-order valence-electron chi connectivity index (χ3n) is 6.31. The molecule has 2 aromatic heterocycles. The van der Waals surface area contributed by atoms with Gasteiger partial charge in [0.25, 0.3) is 0 Å². The first-order valence-corrected chi connectivity index (χ1v) is 12.9. The fraction of sp³-hybridized carbons (Fsp3) is 0.462. The SMILES string of the molecule is CC(C)(O)Cn1ccc(NC(=O)[C@H](CC2CCCCC2)n2cc(Oc3cccc(Cl)c3Cl)cc2O)n1. The fourth-order valence-electron chi connectivity index (χ4n) is 4.65. The summed E-state index contributed by atoms with van der Waals surface area (Å²) in [4.78, 5) is 13.5. The number of anilines is 1. The van der Waals surface area contributed by atoms with Crippen LogP contribution in [0.3, 0.4) is 0 Å². The van der Waals surface area contributed by atoms with E-state index in [1.165, 1.54) is 17.1 Å². The Balaban J connectivity index is 1.56. The molecule has 36 heavy (non-hydrogen) atoms. The zero-order valence-electron chi connectivity index (χ0n) is 20.5. The normalized spacial score (nSPS) is 15.6. The molecule has 0 radical (unpaired) electrons. The number of halogens is 2. The number of carbonyl (C=O) groups is 1. The molecule has 3 N–H and O–H groups in total. The summed E-state index contributed by atoms with van der Waals surface area (Å²) in [6, 6.07) is 7.53. The third-order valence-corrected chi connectivity index (χ3v) is 7.11. The number of nitrogens with zero attached hydrogens (tertiary/aromatic N) is 3. The van der Waals surface area contributed by atoms with E-state index in [2.05, 4.69) is 10.4 Å². The van der Waals surface area contributed by atoms with Crippen molar-refractivity contribution < 1.29 is 19.7 Å². The standard InChI is InChI=1S/C26H32Cl2N4O4/c1-26(2,35)16-31-12-11-22(30-31)29-25(34)20(13-17-7-4-3-5-8-17)32-15-18(14-23(32)33)36-21-10-6-9-19(27)24(21)28/h6,9-12,14-15,17,20,33,35H,3-5,7-8,13,16H2,1-2H3,(H,29,30,34)/t20-/m0/s1. The molecular weight excluding hydrogens is 503 g/mol. The molecule has 2 heterocycles. The van der Waals surface area contributed by atoms with Crippen molar-refractivity contribution in [3.8, 4) is 17.4 Å². The van der Waals surface area contributed by atoms with Gasteiger partial charge >= 0.3 is 0 Å². The van der Waals surface area contributed by atoms with Crippen molar-refractivity contribution in [1.29, 1.82) is 0 Å². The molecule has 1 aromatic carbocycles. The monoisotopic (exact) mass is 534 g/mol. The highest BCUT2D eigenvalue weighted by Gasteiger charge is 2.29. The predicted molar refractivity (Wildman–Crippen MR) is 140 cm³/mol. The van der Waals surface area contributed by atoms with E-state index >= 15 is 0 Å². The van der Waals surface area contributed by atoms with Crippen LogP contribution in [0.15, 0.2) is 42.7 Å². The van der Waals surface area contributed by atoms with Crippen LogP contribution in [0.4, 0.5) is 5.82 Å². The molecule has 1 atom stereocenters. The minimum Gasteiger partial charge on any atom is -0.494 e. The molecule has 3 aromatic rings. The summed E-state index contributed by atoms with van der Waals surface area (Å²) in [6.45, 7) is 3.68. The van der Waals surface area contributed by atoms with Gasteiger partial charge < -0.3 is 24.8 Å². The number of carbonyl (C=O) groups excluding carboxylic acids is 1. The van der Waals surface area contributed by atoms with Crippen LogP contribution in [-0.2, 0) is 11.3 Å². The average molecular weight is 535 g/mol.